The Balaban J connectivity index is 2.36. The number of aromatic amines is 1. The Morgan fingerprint density at radius 2 is 1.89 bits per heavy atom. The fraction of sp³-hybridized carbons (Fsp3) is 0. The molecule has 0 amide bonds. The van der Waals surface area contributed by atoms with Crippen molar-refractivity contribution in [2.24, 2.45) is 0 Å². The van der Waals surface area contributed by atoms with E-state index in [2.05, 4.69) is 36.8 Å². The largest absolute Gasteiger partial charge is 0.330 e. The molecular formula is C13H7Br2ClN2S. The van der Waals surface area contributed by atoms with Crippen LogP contribution in [0.25, 0.3) is 16.7 Å². The first-order valence-corrected chi connectivity index (χ1v) is 7.79. The van der Waals surface area contributed by atoms with E-state index in [0.29, 0.717) is 9.79 Å². The van der Waals surface area contributed by atoms with Gasteiger partial charge in [-0.15, -0.1) is 0 Å². The van der Waals surface area contributed by atoms with Gasteiger partial charge in [-0.05, 0) is 64.5 Å². The van der Waals surface area contributed by atoms with Crippen molar-refractivity contribution >= 4 is 66.7 Å². The minimum absolute atomic E-state index is 0.649. The van der Waals surface area contributed by atoms with Gasteiger partial charge in [-0.3, -0.25) is 4.57 Å². The number of H-pyrrole nitrogens is 1. The van der Waals surface area contributed by atoms with Gasteiger partial charge < -0.3 is 4.98 Å². The molecule has 3 aromatic rings. The second kappa shape index (κ2) is 5.05. The van der Waals surface area contributed by atoms with E-state index >= 15 is 0 Å². The highest BCUT2D eigenvalue weighted by Crippen LogP contribution is 2.29. The molecule has 0 spiro atoms. The molecule has 0 fully saturated rings. The summed E-state index contributed by atoms with van der Waals surface area (Å²) in [5.41, 5.74) is 2.97. The number of nitrogens with zero attached hydrogens (tertiary/aromatic N) is 1. The van der Waals surface area contributed by atoms with Crippen molar-refractivity contribution in [2.75, 3.05) is 0 Å². The molecule has 2 aromatic carbocycles. The molecule has 0 aliphatic rings. The molecule has 0 aliphatic carbocycles. The SMILES string of the molecule is S=c1[nH]c2cc(Br)ccc2n1-c1ccc(Cl)cc1Br. The quantitative estimate of drug-likeness (QED) is 0.491. The third kappa shape index (κ3) is 2.40. The highest BCUT2D eigenvalue weighted by atomic mass is 79.9. The third-order valence-corrected chi connectivity index (χ3v) is 4.44. The van der Waals surface area contributed by atoms with Gasteiger partial charge in [-0.1, -0.05) is 27.5 Å². The first-order valence-electron chi connectivity index (χ1n) is 5.42. The van der Waals surface area contributed by atoms with Crippen LogP contribution in [0.3, 0.4) is 0 Å². The standard InChI is InChI=1S/C13H7Br2ClN2S/c14-7-1-3-12-10(5-7)17-13(19)18(12)11-4-2-8(16)6-9(11)15/h1-6H,(H,17,19). The smallest absolute Gasteiger partial charge is 0.182 e. The van der Waals surface area contributed by atoms with E-state index in [1.807, 2.05) is 41.0 Å². The summed E-state index contributed by atoms with van der Waals surface area (Å²) in [6.07, 6.45) is 0. The Hall–Kier alpha value is -0.620. The fourth-order valence-electron chi connectivity index (χ4n) is 1.99. The van der Waals surface area contributed by atoms with E-state index in [1.54, 1.807) is 0 Å². The number of benzene rings is 2. The van der Waals surface area contributed by atoms with Gasteiger partial charge in [0.2, 0.25) is 0 Å². The molecule has 6 heteroatoms. The van der Waals surface area contributed by atoms with Crippen LogP contribution in [-0.2, 0) is 0 Å². The number of hydrogen-bond acceptors (Lipinski definition) is 1. The van der Waals surface area contributed by atoms with Gasteiger partial charge in [0.05, 0.1) is 16.7 Å². The van der Waals surface area contributed by atoms with Crippen LogP contribution >= 0.6 is 55.7 Å². The number of aromatic nitrogens is 2. The number of nitrogens with one attached hydrogen (secondary N) is 1. The van der Waals surface area contributed by atoms with Gasteiger partial charge >= 0.3 is 0 Å². The average Bonchev–Trinajstić information content (AvgIpc) is 2.65. The number of fused-ring (bicyclic) bond motifs is 1. The van der Waals surface area contributed by atoms with Crippen LogP contribution in [0.1, 0.15) is 0 Å². The van der Waals surface area contributed by atoms with Crippen LogP contribution in [0.2, 0.25) is 5.02 Å². The second-order valence-electron chi connectivity index (χ2n) is 4.02. The molecule has 2 nitrogen and oxygen atoms in total. The molecule has 0 saturated carbocycles. The highest BCUT2D eigenvalue weighted by Gasteiger charge is 2.10. The van der Waals surface area contributed by atoms with Crippen molar-refractivity contribution in [2.45, 2.75) is 0 Å². The number of halogens is 3. The van der Waals surface area contributed by atoms with E-state index in [1.165, 1.54) is 0 Å². The minimum atomic E-state index is 0.649. The van der Waals surface area contributed by atoms with Gasteiger partial charge in [0.1, 0.15) is 0 Å². The monoisotopic (exact) mass is 416 g/mol. The maximum Gasteiger partial charge on any atom is 0.182 e. The topological polar surface area (TPSA) is 20.7 Å². The second-order valence-corrected chi connectivity index (χ2v) is 6.62. The molecule has 0 saturated heterocycles. The predicted octanol–water partition coefficient (Wildman–Crippen LogP) is 5.87. The summed E-state index contributed by atoms with van der Waals surface area (Å²) in [7, 11) is 0. The van der Waals surface area contributed by atoms with E-state index in [4.69, 9.17) is 23.8 Å². The van der Waals surface area contributed by atoms with Crippen LogP contribution in [-0.4, -0.2) is 9.55 Å². The lowest BCUT2D eigenvalue weighted by molar-refractivity contribution is 1.06. The molecular weight excluding hydrogens is 411 g/mol. The normalized spacial score (nSPS) is 11.1. The first-order chi connectivity index (χ1) is 9.06. The molecule has 19 heavy (non-hydrogen) atoms. The van der Waals surface area contributed by atoms with Crippen LogP contribution < -0.4 is 0 Å². The molecule has 0 unspecified atom stereocenters. The lowest BCUT2D eigenvalue weighted by Crippen LogP contribution is -1.95. The summed E-state index contributed by atoms with van der Waals surface area (Å²) in [4.78, 5) is 3.20. The molecule has 1 aromatic heterocycles. The molecule has 0 aliphatic heterocycles. The van der Waals surface area contributed by atoms with Crippen molar-refractivity contribution < 1.29 is 0 Å². The number of imidazole rings is 1. The maximum absolute atomic E-state index is 5.98. The molecule has 0 bridgehead atoms. The average molecular weight is 419 g/mol. The van der Waals surface area contributed by atoms with Crippen molar-refractivity contribution in [3.05, 3.63) is 55.1 Å². The first kappa shape index (κ1) is 13.4. The lowest BCUT2D eigenvalue weighted by atomic mass is 10.3. The van der Waals surface area contributed by atoms with Crippen molar-refractivity contribution in [1.29, 1.82) is 0 Å². The van der Waals surface area contributed by atoms with E-state index in [-0.39, 0.29) is 0 Å². The molecule has 0 radical (unpaired) electrons. The van der Waals surface area contributed by atoms with Crippen LogP contribution in [0.15, 0.2) is 45.3 Å². The lowest BCUT2D eigenvalue weighted by Gasteiger charge is -2.07. The molecule has 0 atom stereocenters. The van der Waals surface area contributed by atoms with Crippen LogP contribution in [0.5, 0.6) is 0 Å². The van der Waals surface area contributed by atoms with Gasteiger partial charge in [-0.25, -0.2) is 0 Å². The predicted molar refractivity (Wildman–Crippen MR) is 88.9 cm³/mol. The van der Waals surface area contributed by atoms with Gasteiger partial charge in [0.25, 0.3) is 0 Å². The van der Waals surface area contributed by atoms with Crippen molar-refractivity contribution in [1.82, 2.24) is 9.55 Å². The highest BCUT2D eigenvalue weighted by molar-refractivity contribution is 9.10. The Morgan fingerprint density at radius 1 is 1.11 bits per heavy atom. The van der Waals surface area contributed by atoms with Crippen molar-refractivity contribution in [3.63, 3.8) is 0 Å². The molecule has 3 rings (SSSR count). The maximum atomic E-state index is 5.98. The molecule has 1 heterocycles. The summed E-state index contributed by atoms with van der Waals surface area (Å²) in [6, 6.07) is 11.7. The van der Waals surface area contributed by atoms with Crippen LogP contribution in [0, 0.1) is 4.77 Å². The zero-order chi connectivity index (χ0) is 13.6. The minimum Gasteiger partial charge on any atom is -0.330 e. The van der Waals surface area contributed by atoms with E-state index < -0.39 is 0 Å². The summed E-state index contributed by atoms with van der Waals surface area (Å²) >= 11 is 18.4. The van der Waals surface area contributed by atoms with Gasteiger partial charge in [-0.2, -0.15) is 0 Å². The fourth-order valence-corrected chi connectivity index (χ4v) is 3.51. The Kier molecular flexibility index (Phi) is 3.55. The van der Waals surface area contributed by atoms with Crippen LogP contribution in [0.4, 0.5) is 0 Å². The number of rotatable bonds is 1. The summed E-state index contributed by atoms with van der Waals surface area (Å²) in [5.74, 6) is 0. The summed E-state index contributed by atoms with van der Waals surface area (Å²) < 4.78 is 4.55. The van der Waals surface area contributed by atoms with Crippen molar-refractivity contribution in [3.8, 4) is 5.69 Å². The Labute approximate surface area is 136 Å². The van der Waals surface area contributed by atoms with Gasteiger partial charge in [0, 0.05) is 14.0 Å². The third-order valence-electron chi connectivity index (χ3n) is 2.79. The zero-order valence-electron chi connectivity index (χ0n) is 9.45. The summed E-state index contributed by atoms with van der Waals surface area (Å²) in [6.45, 7) is 0. The van der Waals surface area contributed by atoms with E-state index in [0.717, 1.165) is 25.7 Å². The Morgan fingerprint density at radius 3 is 2.63 bits per heavy atom. The zero-order valence-corrected chi connectivity index (χ0v) is 14.2. The molecule has 96 valence electrons. The summed E-state index contributed by atoms with van der Waals surface area (Å²) in [5, 5.41) is 0.685. The number of hydrogen-bond donors (Lipinski definition) is 1. The Bertz CT molecular complexity index is 838. The van der Waals surface area contributed by atoms with E-state index in [9.17, 15) is 0 Å². The molecule has 1 N–H and O–H groups in total. The van der Waals surface area contributed by atoms with Gasteiger partial charge in [0.15, 0.2) is 4.77 Å².